The van der Waals surface area contributed by atoms with Crippen LogP contribution in [0.4, 0.5) is 5.69 Å². The Labute approximate surface area is 154 Å². The first kappa shape index (κ1) is 19.3. The number of hydrogen-bond donors (Lipinski definition) is 1. The Balaban J connectivity index is 2.56. The molecule has 0 aliphatic heterocycles. The van der Waals surface area contributed by atoms with Crippen molar-refractivity contribution in [3.63, 3.8) is 0 Å². The van der Waals surface area contributed by atoms with E-state index in [1.807, 2.05) is 19.9 Å². The molecular formula is C17H18N4O4S. The predicted octanol–water partition coefficient (Wildman–Crippen LogP) is 2.94. The number of hydrogen-bond acceptors (Lipinski definition) is 9. The van der Waals surface area contributed by atoms with Crippen molar-refractivity contribution in [2.45, 2.75) is 27.7 Å². The zero-order chi connectivity index (χ0) is 19.3. The number of rotatable bonds is 6. The summed E-state index contributed by atoms with van der Waals surface area (Å²) in [7, 11) is 0. The number of nitriles is 1. The van der Waals surface area contributed by atoms with E-state index in [1.165, 1.54) is 0 Å². The van der Waals surface area contributed by atoms with Crippen molar-refractivity contribution in [1.29, 1.82) is 5.26 Å². The highest BCUT2D eigenvalue weighted by molar-refractivity contribution is 7.21. The molecule has 0 spiro atoms. The van der Waals surface area contributed by atoms with E-state index in [9.17, 15) is 9.59 Å². The number of nitrogens with zero attached hydrogens (tertiary/aromatic N) is 3. The van der Waals surface area contributed by atoms with Crippen molar-refractivity contribution in [1.82, 2.24) is 4.98 Å². The number of aryl methyl sites for hydroxylation is 2. The summed E-state index contributed by atoms with van der Waals surface area (Å²) in [4.78, 5) is 29.4. The van der Waals surface area contributed by atoms with E-state index in [-0.39, 0.29) is 18.1 Å². The SMILES string of the molecule is CCOC(=O)C(C#N)=NNc1c(C(=O)OCC)sc2nc(C)cc(C)c12. The second kappa shape index (κ2) is 8.40. The maximum atomic E-state index is 12.3. The molecule has 26 heavy (non-hydrogen) atoms. The number of nitrogens with one attached hydrogen (secondary N) is 1. The van der Waals surface area contributed by atoms with Crippen LogP contribution >= 0.6 is 11.3 Å². The monoisotopic (exact) mass is 374 g/mol. The molecule has 2 heterocycles. The Bertz CT molecular complexity index is 927. The van der Waals surface area contributed by atoms with Gasteiger partial charge in [-0.15, -0.1) is 11.3 Å². The van der Waals surface area contributed by atoms with Gasteiger partial charge in [0.1, 0.15) is 15.8 Å². The molecule has 2 aromatic heterocycles. The van der Waals surface area contributed by atoms with Crippen molar-refractivity contribution in [2.75, 3.05) is 18.6 Å². The highest BCUT2D eigenvalue weighted by atomic mass is 32.1. The van der Waals surface area contributed by atoms with Crippen LogP contribution in [0.5, 0.6) is 0 Å². The number of esters is 2. The van der Waals surface area contributed by atoms with E-state index >= 15 is 0 Å². The van der Waals surface area contributed by atoms with Crippen LogP contribution in [0.3, 0.4) is 0 Å². The first-order valence-corrected chi connectivity index (χ1v) is 8.73. The molecule has 0 saturated carbocycles. The van der Waals surface area contributed by atoms with Crippen LogP contribution in [-0.2, 0) is 14.3 Å². The molecule has 0 radical (unpaired) electrons. The van der Waals surface area contributed by atoms with Crippen LogP contribution in [0.25, 0.3) is 10.2 Å². The fourth-order valence-corrected chi connectivity index (χ4v) is 3.46. The smallest absolute Gasteiger partial charge is 0.369 e. The van der Waals surface area contributed by atoms with Gasteiger partial charge in [0.2, 0.25) is 5.71 Å². The quantitative estimate of drug-likeness (QED) is 0.470. The van der Waals surface area contributed by atoms with Gasteiger partial charge in [0.15, 0.2) is 0 Å². The molecule has 2 rings (SSSR count). The number of pyridine rings is 1. The zero-order valence-corrected chi connectivity index (χ0v) is 15.7. The van der Waals surface area contributed by atoms with Gasteiger partial charge in [-0.05, 0) is 39.3 Å². The Kier molecular flexibility index (Phi) is 6.25. The number of aromatic nitrogens is 1. The first-order chi connectivity index (χ1) is 12.4. The van der Waals surface area contributed by atoms with Crippen molar-refractivity contribution in [3.05, 3.63) is 22.2 Å². The molecule has 0 aromatic carbocycles. The van der Waals surface area contributed by atoms with E-state index < -0.39 is 17.7 Å². The third-order valence-electron chi connectivity index (χ3n) is 3.30. The van der Waals surface area contributed by atoms with Crippen LogP contribution in [-0.4, -0.2) is 35.8 Å². The Morgan fingerprint density at radius 1 is 1.31 bits per heavy atom. The standard InChI is InChI=1S/C17H18N4O4S/c1-5-24-16(22)11(8-18)20-21-13-12-9(3)7-10(4)19-15(12)26-14(13)17(23)25-6-2/h7,21H,5-6H2,1-4H3. The number of fused-ring (bicyclic) bond motifs is 1. The van der Waals surface area contributed by atoms with E-state index in [0.29, 0.717) is 15.9 Å². The molecule has 136 valence electrons. The minimum absolute atomic E-state index is 0.122. The zero-order valence-electron chi connectivity index (χ0n) is 14.9. The van der Waals surface area contributed by atoms with Crippen molar-refractivity contribution in [2.24, 2.45) is 5.10 Å². The van der Waals surface area contributed by atoms with Crippen molar-refractivity contribution in [3.8, 4) is 6.07 Å². The van der Waals surface area contributed by atoms with Gasteiger partial charge in [0.05, 0.1) is 18.9 Å². The number of hydrazone groups is 1. The minimum Gasteiger partial charge on any atom is -0.462 e. The Hall–Kier alpha value is -2.99. The van der Waals surface area contributed by atoms with Crippen LogP contribution in [0.2, 0.25) is 0 Å². The van der Waals surface area contributed by atoms with Gasteiger partial charge in [-0.3, -0.25) is 5.43 Å². The number of thiophene rings is 1. The maximum absolute atomic E-state index is 12.3. The Morgan fingerprint density at radius 3 is 2.62 bits per heavy atom. The Morgan fingerprint density at radius 2 is 2.00 bits per heavy atom. The predicted molar refractivity (Wildman–Crippen MR) is 98.4 cm³/mol. The van der Waals surface area contributed by atoms with Crippen LogP contribution in [0, 0.1) is 25.2 Å². The molecule has 0 bridgehead atoms. The molecule has 0 aliphatic carbocycles. The van der Waals surface area contributed by atoms with Gasteiger partial charge in [0, 0.05) is 11.1 Å². The van der Waals surface area contributed by atoms with Crippen LogP contribution in [0.1, 0.15) is 34.8 Å². The lowest BCUT2D eigenvalue weighted by atomic mass is 10.1. The van der Waals surface area contributed by atoms with Gasteiger partial charge < -0.3 is 9.47 Å². The summed E-state index contributed by atoms with van der Waals surface area (Å²) in [5, 5.41) is 13.6. The maximum Gasteiger partial charge on any atom is 0.369 e. The molecule has 8 nitrogen and oxygen atoms in total. The summed E-state index contributed by atoms with van der Waals surface area (Å²) in [6.07, 6.45) is 0. The van der Waals surface area contributed by atoms with Gasteiger partial charge in [-0.2, -0.15) is 10.4 Å². The minimum atomic E-state index is -0.842. The lowest BCUT2D eigenvalue weighted by Gasteiger charge is -2.06. The molecule has 1 N–H and O–H groups in total. The number of carbonyl (C=O) groups excluding carboxylic acids is 2. The van der Waals surface area contributed by atoms with Crippen molar-refractivity contribution >= 4 is 44.9 Å². The van der Waals surface area contributed by atoms with Gasteiger partial charge in [-0.25, -0.2) is 14.6 Å². The van der Waals surface area contributed by atoms with E-state index in [0.717, 1.165) is 22.6 Å². The van der Waals surface area contributed by atoms with Gasteiger partial charge in [-0.1, -0.05) is 0 Å². The summed E-state index contributed by atoms with van der Waals surface area (Å²) in [6.45, 7) is 7.41. The summed E-state index contributed by atoms with van der Waals surface area (Å²) in [6, 6.07) is 3.55. The number of ether oxygens (including phenoxy) is 2. The number of carbonyl (C=O) groups is 2. The molecular weight excluding hydrogens is 356 g/mol. The summed E-state index contributed by atoms with van der Waals surface area (Å²) in [5.41, 5.74) is 4.26. The molecule has 0 saturated heterocycles. The molecule has 0 fully saturated rings. The first-order valence-electron chi connectivity index (χ1n) is 7.91. The largest absolute Gasteiger partial charge is 0.462 e. The average Bonchev–Trinajstić information content (AvgIpc) is 2.94. The van der Waals surface area contributed by atoms with E-state index in [2.05, 4.69) is 15.5 Å². The fourth-order valence-electron chi connectivity index (χ4n) is 2.32. The van der Waals surface area contributed by atoms with E-state index in [1.54, 1.807) is 19.9 Å². The average molecular weight is 374 g/mol. The van der Waals surface area contributed by atoms with Crippen LogP contribution < -0.4 is 5.43 Å². The second-order valence-electron chi connectivity index (χ2n) is 5.19. The molecule has 9 heteroatoms. The second-order valence-corrected chi connectivity index (χ2v) is 6.19. The fraction of sp³-hybridized carbons (Fsp3) is 0.353. The molecule has 0 aliphatic rings. The molecule has 0 amide bonds. The number of anilines is 1. The summed E-state index contributed by atoms with van der Waals surface area (Å²) in [5.74, 6) is -1.37. The van der Waals surface area contributed by atoms with Gasteiger partial charge >= 0.3 is 11.9 Å². The third-order valence-corrected chi connectivity index (χ3v) is 4.37. The highest BCUT2D eigenvalue weighted by Crippen LogP contribution is 2.37. The van der Waals surface area contributed by atoms with E-state index in [4.69, 9.17) is 14.7 Å². The molecule has 0 unspecified atom stereocenters. The molecule has 2 aromatic rings. The third kappa shape index (κ3) is 3.97. The normalized spacial score (nSPS) is 11.1. The summed E-state index contributed by atoms with van der Waals surface area (Å²) < 4.78 is 9.86. The van der Waals surface area contributed by atoms with Gasteiger partial charge in [0.25, 0.3) is 0 Å². The lowest BCUT2D eigenvalue weighted by molar-refractivity contribution is -0.134. The van der Waals surface area contributed by atoms with Crippen LogP contribution in [0.15, 0.2) is 11.2 Å². The highest BCUT2D eigenvalue weighted by Gasteiger charge is 2.23. The topological polar surface area (TPSA) is 114 Å². The summed E-state index contributed by atoms with van der Waals surface area (Å²) >= 11 is 1.16. The molecule has 0 atom stereocenters. The lowest BCUT2D eigenvalue weighted by Crippen LogP contribution is -2.17. The van der Waals surface area contributed by atoms with Crippen molar-refractivity contribution < 1.29 is 19.1 Å².